The van der Waals surface area contributed by atoms with Crippen molar-refractivity contribution in [2.75, 3.05) is 13.1 Å². The van der Waals surface area contributed by atoms with Gasteiger partial charge in [-0.05, 0) is 30.4 Å². The fourth-order valence-corrected chi connectivity index (χ4v) is 2.29. The van der Waals surface area contributed by atoms with Gasteiger partial charge in [0.2, 0.25) is 5.91 Å². The zero-order valence-electron chi connectivity index (χ0n) is 10.9. The molecule has 0 aliphatic carbocycles. The molecule has 0 radical (unpaired) electrons. The van der Waals surface area contributed by atoms with Crippen LogP contribution in [0.15, 0.2) is 24.3 Å². The van der Waals surface area contributed by atoms with Crippen LogP contribution in [0.25, 0.3) is 0 Å². The van der Waals surface area contributed by atoms with Gasteiger partial charge in [-0.3, -0.25) is 4.79 Å². The highest BCUT2D eigenvalue weighted by Gasteiger charge is 2.21. The Morgan fingerprint density at radius 2 is 1.78 bits per heavy atom. The predicted octanol–water partition coefficient (Wildman–Crippen LogP) is 1.77. The van der Waals surface area contributed by atoms with Gasteiger partial charge < -0.3 is 10.0 Å². The number of carbonyl (C=O) groups excluding carboxylic acids is 1. The van der Waals surface area contributed by atoms with Gasteiger partial charge in [-0.2, -0.15) is 0 Å². The van der Waals surface area contributed by atoms with Crippen molar-refractivity contribution >= 4 is 5.91 Å². The lowest BCUT2D eigenvalue weighted by molar-refractivity contribution is -0.132. The van der Waals surface area contributed by atoms with Crippen molar-refractivity contribution in [3.63, 3.8) is 0 Å². The topological polar surface area (TPSA) is 40.5 Å². The summed E-state index contributed by atoms with van der Waals surface area (Å²) in [5.74, 6) is 0.172. The molecule has 0 spiro atoms. The van der Waals surface area contributed by atoms with E-state index in [0.717, 1.165) is 12.0 Å². The molecule has 3 heteroatoms. The van der Waals surface area contributed by atoms with Gasteiger partial charge in [-0.25, -0.2) is 0 Å². The molecule has 2 rings (SSSR count). The first kappa shape index (κ1) is 13.1. The molecule has 1 aliphatic heterocycles. The quantitative estimate of drug-likeness (QED) is 0.884. The lowest BCUT2D eigenvalue weighted by Crippen LogP contribution is -2.40. The summed E-state index contributed by atoms with van der Waals surface area (Å²) in [6.45, 7) is 3.50. The van der Waals surface area contributed by atoms with Crippen molar-refractivity contribution < 1.29 is 9.90 Å². The van der Waals surface area contributed by atoms with E-state index < -0.39 is 0 Å². The molecule has 1 saturated heterocycles. The molecule has 1 heterocycles. The third-order valence-corrected chi connectivity index (χ3v) is 3.60. The predicted molar refractivity (Wildman–Crippen MR) is 71.3 cm³/mol. The van der Waals surface area contributed by atoms with Gasteiger partial charge in [0, 0.05) is 13.1 Å². The van der Waals surface area contributed by atoms with Gasteiger partial charge in [-0.1, -0.05) is 31.2 Å². The molecule has 1 fully saturated rings. The van der Waals surface area contributed by atoms with Gasteiger partial charge >= 0.3 is 0 Å². The molecule has 1 amide bonds. The Balaban J connectivity index is 1.90. The fourth-order valence-electron chi connectivity index (χ4n) is 2.29. The minimum Gasteiger partial charge on any atom is -0.393 e. The highest BCUT2D eigenvalue weighted by molar-refractivity contribution is 5.78. The monoisotopic (exact) mass is 247 g/mol. The van der Waals surface area contributed by atoms with Crippen molar-refractivity contribution in [2.45, 2.75) is 38.7 Å². The van der Waals surface area contributed by atoms with Crippen molar-refractivity contribution in [1.82, 2.24) is 4.90 Å². The van der Waals surface area contributed by atoms with E-state index in [0.29, 0.717) is 32.4 Å². The van der Waals surface area contributed by atoms with Crippen LogP contribution in [0.2, 0.25) is 0 Å². The number of piperidine rings is 1. The summed E-state index contributed by atoms with van der Waals surface area (Å²) < 4.78 is 0. The minimum absolute atomic E-state index is 0.172. The molecule has 1 N–H and O–H groups in total. The number of rotatable bonds is 3. The zero-order chi connectivity index (χ0) is 13.0. The Morgan fingerprint density at radius 3 is 2.33 bits per heavy atom. The van der Waals surface area contributed by atoms with Crippen LogP contribution in [0.1, 0.15) is 30.9 Å². The first-order valence-corrected chi connectivity index (χ1v) is 6.72. The Bertz CT molecular complexity index is 391. The van der Waals surface area contributed by atoms with E-state index in [1.54, 1.807) is 0 Å². The number of carbonyl (C=O) groups is 1. The van der Waals surface area contributed by atoms with Crippen molar-refractivity contribution in [3.05, 3.63) is 35.4 Å². The average Bonchev–Trinajstić information content (AvgIpc) is 2.40. The third-order valence-electron chi connectivity index (χ3n) is 3.60. The van der Waals surface area contributed by atoms with Crippen molar-refractivity contribution in [2.24, 2.45) is 0 Å². The largest absolute Gasteiger partial charge is 0.393 e. The molecule has 0 aromatic heterocycles. The molecular formula is C15H21NO2. The second-order valence-electron chi connectivity index (χ2n) is 4.96. The molecule has 0 saturated carbocycles. The highest BCUT2D eigenvalue weighted by atomic mass is 16.3. The van der Waals surface area contributed by atoms with E-state index in [1.807, 2.05) is 17.0 Å². The number of aryl methyl sites for hydroxylation is 1. The van der Waals surface area contributed by atoms with E-state index in [4.69, 9.17) is 0 Å². The molecular weight excluding hydrogens is 226 g/mol. The molecule has 3 nitrogen and oxygen atoms in total. The Labute approximate surface area is 108 Å². The van der Waals surface area contributed by atoms with Crippen LogP contribution in [-0.2, 0) is 17.6 Å². The maximum absolute atomic E-state index is 12.1. The minimum atomic E-state index is -0.224. The summed E-state index contributed by atoms with van der Waals surface area (Å²) in [7, 11) is 0. The van der Waals surface area contributed by atoms with E-state index in [2.05, 4.69) is 19.1 Å². The number of aliphatic hydroxyl groups excluding tert-OH is 1. The van der Waals surface area contributed by atoms with Crippen LogP contribution in [-0.4, -0.2) is 35.1 Å². The molecule has 18 heavy (non-hydrogen) atoms. The van der Waals surface area contributed by atoms with Crippen LogP contribution in [0, 0.1) is 0 Å². The van der Waals surface area contributed by atoms with E-state index in [9.17, 15) is 9.90 Å². The number of amides is 1. The van der Waals surface area contributed by atoms with Crippen LogP contribution in [0.3, 0.4) is 0 Å². The summed E-state index contributed by atoms with van der Waals surface area (Å²) in [5.41, 5.74) is 2.37. The smallest absolute Gasteiger partial charge is 0.226 e. The maximum atomic E-state index is 12.1. The summed E-state index contributed by atoms with van der Waals surface area (Å²) in [4.78, 5) is 13.9. The average molecular weight is 247 g/mol. The summed E-state index contributed by atoms with van der Waals surface area (Å²) >= 11 is 0. The first-order valence-electron chi connectivity index (χ1n) is 6.72. The summed E-state index contributed by atoms with van der Waals surface area (Å²) in [6.07, 6.45) is 2.69. The lowest BCUT2D eigenvalue weighted by atomic mass is 10.0. The Kier molecular flexibility index (Phi) is 4.37. The number of benzene rings is 1. The Morgan fingerprint density at radius 1 is 1.22 bits per heavy atom. The number of hydrogen-bond acceptors (Lipinski definition) is 2. The van der Waals surface area contributed by atoms with Gasteiger partial charge in [0.25, 0.3) is 0 Å². The molecule has 98 valence electrons. The number of hydrogen-bond donors (Lipinski definition) is 1. The molecule has 1 aliphatic rings. The maximum Gasteiger partial charge on any atom is 0.226 e. The molecule has 0 atom stereocenters. The number of nitrogens with zero attached hydrogens (tertiary/aromatic N) is 1. The van der Waals surface area contributed by atoms with Crippen LogP contribution in [0.4, 0.5) is 0 Å². The van der Waals surface area contributed by atoms with Crippen LogP contribution < -0.4 is 0 Å². The van der Waals surface area contributed by atoms with Gasteiger partial charge in [0.15, 0.2) is 0 Å². The molecule has 1 aromatic carbocycles. The van der Waals surface area contributed by atoms with Crippen LogP contribution >= 0.6 is 0 Å². The van der Waals surface area contributed by atoms with Crippen molar-refractivity contribution in [3.8, 4) is 0 Å². The van der Waals surface area contributed by atoms with Gasteiger partial charge in [-0.15, -0.1) is 0 Å². The van der Waals surface area contributed by atoms with Crippen molar-refractivity contribution in [1.29, 1.82) is 0 Å². The second kappa shape index (κ2) is 6.01. The Hall–Kier alpha value is -1.35. The van der Waals surface area contributed by atoms with Gasteiger partial charge in [0.1, 0.15) is 0 Å². The van der Waals surface area contributed by atoms with E-state index in [-0.39, 0.29) is 12.0 Å². The van der Waals surface area contributed by atoms with E-state index in [1.165, 1.54) is 5.56 Å². The zero-order valence-corrected chi connectivity index (χ0v) is 10.9. The fraction of sp³-hybridized carbons (Fsp3) is 0.533. The molecule has 0 bridgehead atoms. The molecule has 1 aromatic rings. The SMILES string of the molecule is CCc1ccc(CC(=O)N2CCC(O)CC2)cc1. The number of likely N-dealkylation sites (tertiary alicyclic amines) is 1. The van der Waals surface area contributed by atoms with Gasteiger partial charge in [0.05, 0.1) is 12.5 Å². The standard InChI is InChI=1S/C15H21NO2/c1-2-12-3-5-13(6-4-12)11-15(18)16-9-7-14(17)8-10-16/h3-6,14,17H,2,7-11H2,1H3. The molecule has 0 unspecified atom stereocenters. The van der Waals surface area contributed by atoms with E-state index >= 15 is 0 Å². The summed E-state index contributed by atoms with van der Waals surface area (Å²) in [6, 6.07) is 8.25. The second-order valence-corrected chi connectivity index (χ2v) is 4.96. The summed E-state index contributed by atoms with van der Waals surface area (Å²) in [5, 5.41) is 9.42. The third kappa shape index (κ3) is 3.33. The lowest BCUT2D eigenvalue weighted by Gasteiger charge is -2.29. The normalized spacial score (nSPS) is 16.9. The highest BCUT2D eigenvalue weighted by Crippen LogP contribution is 2.12. The first-order chi connectivity index (χ1) is 8.69. The van der Waals surface area contributed by atoms with Crippen LogP contribution in [0.5, 0.6) is 0 Å². The number of aliphatic hydroxyl groups is 1.